The van der Waals surface area contributed by atoms with Crippen LogP contribution in [0.25, 0.3) is 0 Å². The summed E-state index contributed by atoms with van der Waals surface area (Å²) < 4.78 is 30.4. The van der Waals surface area contributed by atoms with Crippen molar-refractivity contribution in [1.29, 1.82) is 0 Å². The second-order valence-electron chi connectivity index (χ2n) is 5.54. The summed E-state index contributed by atoms with van der Waals surface area (Å²) in [6, 6.07) is 7.08. The number of carbonyl (C=O) groups excluding carboxylic acids is 1. The normalized spacial score (nSPS) is 22.8. The van der Waals surface area contributed by atoms with Gasteiger partial charge in [-0.05, 0) is 51.2 Å². The Kier molecular flexibility index (Phi) is 5.04. The highest BCUT2D eigenvalue weighted by Gasteiger charge is 2.35. The van der Waals surface area contributed by atoms with Crippen LogP contribution in [0.4, 0.5) is 0 Å². The predicted molar refractivity (Wildman–Crippen MR) is 80.7 cm³/mol. The number of rotatable bonds is 4. The van der Waals surface area contributed by atoms with Gasteiger partial charge in [0.15, 0.2) is 9.84 Å². The number of benzene rings is 1. The number of ether oxygens (including phenoxy) is 1. The molecule has 0 aromatic heterocycles. The topological polar surface area (TPSA) is 60.4 Å². The van der Waals surface area contributed by atoms with E-state index in [9.17, 15) is 13.2 Å². The van der Waals surface area contributed by atoms with E-state index in [-0.39, 0.29) is 17.1 Å². The van der Waals surface area contributed by atoms with Crippen molar-refractivity contribution < 1.29 is 17.9 Å². The van der Waals surface area contributed by atoms with Gasteiger partial charge in [-0.25, -0.2) is 8.42 Å². The summed E-state index contributed by atoms with van der Waals surface area (Å²) in [5.41, 5.74) is 0.782. The summed E-state index contributed by atoms with van der Waals surface area (Å²) >= 11 is 0. The number of aryl methyl sites for hydroxylation is 1. The number of carbonyl (C=O) groups is 1. The maximum atomic E-state index is 12.7. The van der Waals surface area contributed by atoms with Crippen molar-refractivity contribution in [3.63, 3.8) is 0 Å². The Balaban J connectivity index is 2.08. The lowest BCUT2D eigenvalue weighted by molar-refractivity contribution is -0.149. The molecule has 0 bridgehead atoms. The molecule has 1 aliphatic carbocycles. The van der Waals surface area contributed by atoms with E-state index in [0.29, 0.717) is 37.2 Å². The average Bonchev–Trinajstić information content (AvgIpc) is 2.48. The van der Waals surface area contributed by atoms with Crippen LogP contribution >= 0.6 is 0 Å². The van der Waals surface area contributed by atoms with Crippen LogP contribution in [0.15, 0.2) is 29.2 Å². The Morgan fingerprint density at radius 3 is 2.38 bits per heavy atom. The van der Waals surface area contributed by atoms with Gasteiger partial charge in [-0.15, -0.1) is 0 Å². The predicted octanol–water partition coefficient (Wildman–Crippen LogP) is 2.89. The Morgan fingerprint density at radius 2 is 1.81 bits per heavy atom. The molecule has 1 fully saturated rings. The first-order chi connectivity index (χ1) is 9.96. The number of sulfone groups is 1. The largest absolute Gasteiger partial charge is 0.466 e. The highest BCUT2D eigenvalue weighted by Crippen LogP contribution is 2.33. The lowest BCUT2D eigenvalue weighted by atomic mass is 9.89. The minimum atomic E-state index is -3.31. The monoisotopic (exact) mass is 310 g/mol. The smallest absolute Gasteiger partial charge is 0.308 e. The van der Waals surface area contributed by atoms with Gasteiger partial charge in [0.2, 0.25) is 0 Å². The summed E-state index contributed by atoms with van der Waals surface area (Å²) in [5, 5.41) is -0.385. The van der Waals surface area contributed by atoms with Crippen LogP contribution < -0.4 is 0 Å². The third kappa shape index (κ3) is 3.46. The van der Waals surface area contributed by atoms with Crippen molar-refractivity contribution in [3.05, 3.63) is 29.8 Å². The van der Waals surface area contributed by atoms with Gasteiger partial charge in [0.05, 0.1) is 22.7 Å². The molecule has 1 aliphatic rings. The third-order valence-corrected chi connectivity index (χ3v) is 6.55. The Morgan fingerprint density at radius 1 is 1.19 bits per heavy atom. The molecule has 0 N–H and O–H groups in total. The molecule has 0 saturated heterocycles. The van der Waals surface area contributed by atoms with Crippen molar-refractivity contribution in [1.82, 2.24) is 0 Å². The Labute approximate surface area is 126 Å². The number of hydrogen-bond donors (Lipinski definition) is 0. The molecule has 4 nitrogen and oxygen atoms in total. The molecule has 0 heterocycles. The first-order valence-corrected chi connectivity index (χ1v) is 8.97. The van der Waals surface area contributed by atoms with Crippen molar-refractivity contribution in [3.8, 4) is 0 Å². The van der Waals surface area contributed by atoms with Crippen molar-refractivity contribution in [2.75, 3.05) is 6.61 Å². The van der Waals surface area contributed by atoms with E-state index in [4.69, 9.17) is 4.74 Å². The molecule has 0 atom stereocenters. The summed E-state index contributed by atoms with van der Waals surface area (Å²) in [4.78, 5) is 12.1. The maximum absolute atomic E-state index is 12.7. The summed E-state index contributed by atoms with van der Waals surface area (Å²) in [7, 11) is -3.31. The summed E-state index contributed by atoms with van der Waals surface area (Å²) in [6.45, 7) is 3.98. The Bertz CT molecular complexity index is 598. The average molecular weight is 310 g/mol. The second kappa shape index (κ2) is 6.60. The molecule has 0 unspecified atom stereocenters. The van der Waals surface area contributed by atoms with Crippen LogP contribution in [0.3, 0.4) is 0 Å². The number of esters is 1. The van der Waals surface area contributed by atoms with Crippen LogP contribution in [0.1, 0.15) is 38.2 Å². The van der Waals surface area contributed by atoms with Gasteiger partial charge in [0.1, 0.15) is 0 Å². The molecule has 0 radical (unpaired) electrons. The van der Waals surface area contributed by atoms with E-state index >= 15 is 0 Å². The molecule has 0 aliphatic heterocycles. The van der Waals surface area contributed by atoms with Gasteiger partial charge in [0.25, 0.3) is 0 Å². The lowest BCUT2D eigenvalue weighted by Gasteiger charge is -2.27. The standard InChI is InChI=1S/C16H22O4S/c1-3-20-16(17)13-8-10-14(11-9-13)21(18,19)15-7-5-4-6-12(15)2/h4-7,13-14H,3,8-11H2,1-2H3. The molecule has 116 valence electrons. The number of hydrogen-bond acceptors (Lipinski definition) is 4. The fourth-order valence-corrected chi connectivity index (χ4v) is 4.96. The lowest BCUT2D eigenvalue weighted by Crippen LogP contribution is -2.31. The molecule has 0 spiro atoms. The van der Waals surface area contributed by atoms with Gasteiger partial charge in [-0.1, -0.05) is 18.2 Å². The molecule has 1 aromatic carbocycles. The molecule has 5 heteroatoms. The molecule has 1 saturated carbocycles. The minimum Gasteiger partial charge on any atom is -0.466 e. The third-order valence-electron chi connectivity index (χ3n) is 4.13. The molecular weight excluding hydrogens is 288 g/mol. The van der Waals surface area contributed by atoms with E-state index in [1.165, 1.54) is 0 Å². The van der Waals surface area contributed by atoms with Crippen LogP contribution in [-0.2, 0) is 19.4 Å². The van der Waals surface area contributed by atoms with Crippen LogP contribution in [0.2, 0.25) is 0 Å². The van der Waals surface area contributed by atoms with Gasteiger partial charge in [-0.3, -0.25) is 4.79 Å². The van der Waals surface area contributed by atoms with Gasteiger partial charge in [-0.2, -0.15) is 0 Å². The van der Waals surface area contributed by atoms with Crippen LogP contribution in [0, 0.1) is 12.8 Å². The molecule has 1 aromatic rings. The van der Waals surface area contributed by atoms with E-state index in [2.05, 4.69) is 0 Å². The zero-order valence-corrected chi connectivity index (χ0v) is 13.4. The molecular formula is C16H22O4S. The van der Waals surface area contributed by atoms with Gasteiger partial charge in [0, 0.05) is 0 Å². The van der Waals surface area contributed by atoms with E-state index in [0.717, 1.165) is 5.56 Å². The van der Waals surface area contributed by atoms with Crippen molar-refractivity contribution >= 4 is 15.8 Å². The first kappa shape index (κ1) is 16.0. The molecule has 2 rings (SSSR count). The summed E-state index contributed by atoms with van der Waals surface area (Å²) in [5.74, 6) is -0.336. The molecule has 0 amide bonds. The first-order valence-electron chi connectivity index (χ1n) is 7.43. The van der Waals surface area contributed by atoms with E-state index < -0.39 is 9.84 Å². The minimum absolute atomic E-state index is 0.145. The fourth-order valence-electron chi connectivity index (χ4n) is 2.92. The zero-order chi connectivity index (χ0) is 15.5. The van der Waals surface area contributed by atoms with Crippen LogP contribution in [0.5, 0.6) is 0 Å². The fraction of sp³-hybridized carbons (Fsp3) is 0.562. The zero-order valence-electron chi connectivity index (χ0n) is 12.5. The maximum Gasteiger partial charge on any atom is 0.308 e. The van der Waals surface area contributed by atoms with E-state index in [1.54, 1.807) is 19.1 Å². The summed E-state index contributed by atoms with van der Waals surface area (Å²) in [6.07, 6.45) is 2.24. The highest BCUT2D eigenvalue weighted by molar-refractivity contribution is 7.92. The van der Waals surface area contributed by atoms with E-state index in [1.807, 2.05) is 19.1 Å². The highest BCUT2D eigenvalue weighted by atomic mass is 32.2. The quantitative estimate of drug-likeness (QED) is 0.802. The van der Waals surface area contributed by atoms with Crippen molar-refractivity contribution in [2.24, 2.45) is 5.92 Å². The van der Waals surface area contributed by atoms with Gasteiger partial charge >= 0.3 is 5.97 Å². The van der Waals surface area contributed by atoms with Crippen molar-refractivity contribution in [2.45, 2.75) is 49.7 Å². The van der Waals surface area contributed by atoms with Crippen LogP contribution in [-0.4, -0.2) is 26.2 Å². The SMILES string of the molecule is CCOC(=O)C1CCC(S(=O)(=O)c2ccccc2C)CC1. The van der Waals surface area contributed by atoms with Gasteiger partial charge < -0.3 is 4.74 Å². The molecule has 21 heavy (non-hydrogen) atoms. The second-order valence-corrected chi connectivity index (χ2v) is 7.73. The Hall–Kier alpha value is -1.36.